The first-order valence-electron chi connectivity index (χ1n) is 6.78. The molecule has 1 heterocycles. The van der Waals surface area contributed by atoms with E-state index in [-0.39, 0.29) is 11.3 Å². The van der Waals surface area contributed by atoms with E-state index >= 15 is 0 Å². The zero-order chi connectivity index (χ0) is 16.2. The van der Waals surface area contributed by atoms with Crippen molar-refractivity contribution < 1.29 is 13.5 Å². The number of halogens is 2. The molecule has 3 aromatic rings. The van der Waals surface area contributed by atoms with E-state index in [1.165, 1.54) is 12.1 Å². The molecule has 0 saturated carbocycles. The van der Waals surface area contributed by atoms with Gasteiger partial charge in [0.05, 0.1) is 16.6 Å². The number of para-hydroxylation sites is 3. The second-order valence-electron chi connectivity index (χ2n) is 4.69. The summed E-state index contributed by atoms with van der Waals surface area (Å²) in [7, 11) is 0. The number of alkyl halides is 2. The van der Waals surface area contributed by atoms with Crippen LogP contribution in [-0.4, -0.2) is 16.6 Å². The van der Waals surface area contributed by atoms with E-state index in [1.54, 1.807) is 18.2 Å². The predicted molar refractivity (Wildman–Crippen MR) is 82.7 cm³/mol. The van der Waals surface area contributed by atoms with E-state index < -0.39 is 6.61 Å². The van der Waals surface area contributed by atoms with Crippen LogP contribution in [0.15, 0.2) is 48.5 Å². The van der Waals surface area contributed by atoms with Gasteiger partial charge in [0.2, 0.25) is 0 Å². The highest BCUT2D eigenvalue weighted by atomic mass is 19.3. The van der Waals surface area contributed by atoms with Gasteiger partial charge in [0, 0.05) is 5.56 Å². The van der Waals surface area contributed by atoms with Gasteiger partial charge in [0.25, 0.3) is 0 Å². The second kappa shape index (κ2) is 6.28. The number of H-pyrrole nitrogens is 1. The maximum absolute atomic E-state index is 12.5. The van der Waals surface area contributed by atoms with Crippen LogP contribution in [-0.2, 0) is 0 Å². The van der Waals surface area contributed by atoms with Crippen LogP contribution in [0.25, 0.3) is 22.7 Å². The molecular formula is C17H11F2N3O. The summed E-state index contributed by atoms with van der Waals surface area (Å²) in [6.45, 7) is -2.93. The molecule has 0 spiro atoms. The predicted octanol–water partition coefficient (Wildman–Crippen LogP) is 4.23. The molecule has 0 saturated heterocycles. The number of benzene rings is 2. The fourth-order valence-electron chi connectivity index (χ4n) is 2.19. The number of nitrogens with one attached hydrogen (secondary N) is 1. The minimum atomic E-state index is -2.93. The Balaban J connectivity index is 2.04. The maximum atomic E-state index is 12.5. The molecule has 0 amide bonds. The van der Waals surface area contributed by atoms with E-state index in [9.17, 15) is 14.0 Å². The molecule has 3 rings (SSSR count). The van der Waals surface area contributed by atoms with Crippen LogP contribution >= 0.6 is 0 Å². The van der Waals surface area contributed by atoms with Crippen LogP contribution in [0.1, 0.15) is 11.4 Å². The summed E-state index contributed by atoms with van der Waals surface area (Å²) in [5.74, 6) is 0.381. The molecule has 1 aromatic heterocycles. The highest BCUT2D eigenvalue weighted by Gasteiger charge is 2.11. The molecule has 0 unspecified atom stereocenters. The molecule has 4 nitrogen and oxygen atoms in total. The fraction of sp³-hybridized carbons (Fsp3) is 0.0588. The second-order valence-corrected chi connectivity index (χ2v) is 4.69. The van der Waals surface area contributed by atoms with Gasteiger partial charge >= 0.3 is 6.61 Å². The Morgan fingerprint density at radius 1 is 1.17 bits per heavy atom. The SMILES string of the molecule is N#C/C(=C\c1ccccc1OC(F)F)c1nc2ccccc2[nH]1. The number of imidazole rings is 1. The molecule has 0 fully saturated rings. The molecule has 0 aliphatic rings. The minimum absolute atomic E-state index is 0.00589. The summed E-state index contributed by atoms with van der Waals surface area (Å²) in [4.78, 5) is 7.37. The van der Waals surface area contributed by atoms with E-state index in [0.717, 1.165) is 11.0 Å². The van der Waals surface area contributed by atoms with Gasteiger partial charge < -0.3 is 9.72 Å². The van der Waals surface area contributed by atoms with Gasteiger partial charge in [0.1, 0.15) is 17.6 Å². The Morgan fingerprint density at radius 2 is 1.91 bits per heavy atom. The van der Waals surface area contributed by atoms with Crippen molar-refractivity contribution >= 4 is 22.7 Å². The number of nitrogens with zero attached hydrogens (tertiary/aromatic N) is 2. The van der Waals surface area contributed by atoms with Crippen LogP contribution in [0, 0.1) is 11.3 Å². The van der Waals surface area contributed by atoms with Gasteiger partial charge in [-0.1, -0.05) is 30.3 Å². The monoisotopic (exact) mass is 311 g/mol. The number of aromatic amines is 1. The van der Waals surface area contributed by atoms with Crippen molar-refractivity contribution in [1.82, 2.24) is 9.97 Å². The van der Waals surface area contributed by atoms with Gasteiger partial charge in [-0.3, -0.25) is 0 Å². The summed E-state index contributed by atoms with van der Waals surface area (Å²) >= 11 is 0. The molecule has 0 bridgehead atoms. The lowest BCUT2D eigenvalue weighted by molar-refractivity contribution is -0.0499. The largest absolute Gasteiger partial charge is 0.434 e. The Labute approximate surface area is 130 Å². The van der Waals surface area contributed by atoms with Crippen LogP contribution in [0.5, 0.6) is 5.75 Å². The third-order valence-corrected chi connectivity index (χ3v) is 3.20. The summed E-state index contributed by atoms with van der Waals surface area (Å²) < 4.78 is 29.4. The molecule has 114 valence electrons. The van der Waals surface area contributed by atoms with E-state index in [0.29, 0.717) is 11.4 Å². The number of allylic oxidation sites excluding steroid dienone is 1. The maximum Gasteiger partial charge on any atom is 0.387 e. The van der Waals surface area contributed by atoms with Crippen molar-refractivity contribution in [2.75, 3.05) is 0 Å². The molecule has 0 aliphatic carbocycles. The van der Waals surface area contributed by atoms with Gasteiger partial charge in [-0.2, -0.15) is 14.0 Å². The van der Waals surface area contributed by atoms with Gasteiger partial charge in [-0.15, -0.1) is 0 Å². The number of aromatic nitrogens is 2. The first-order chi connectivity index (χ1) is 11.2. The Hall–Kier alpha value is -3.20. The number of nitriles is 1. The van der Waals surface area contributed by atoms with Gasteiger partial charge in [-0.25, -0.2) is 4.98 Å². The molecule has 23 heavy (non-hydrogen) atoms. The molecule has 1 N–H and O–H groups in total. The normalized spacial score (nSPS) is 11.7. The average Bonchev–Trinajstić information content (AvgIpc) is 2.97. The van der Waals surface area contributed by atoms with Crippen LogP contribution in [0.3, 0.4) is 0 Å². The van der Waals surface area contributed by atoms with Crippen LogP contribution < -0.4 is 4.74 Å². The lowest BCUT2D eigenvalue weighted by Gasteiger charge is -2.07. The van der Waals surface area contributed by atoms with Crippen molar-refractivity contribution in [1.29, 1.82) is 5.26 Å². The quantitative estimate of drug-likeness (QED) is 0.733. The van der Waals surface area contributed by atoms with Crippen molar-refractivity contribution in [2.45, 2.75) is 6.61 Å². The Bertz CT molecular complexity index is 876. The zero-order valence-corrected chi connectivity index (χ0v) is 11.8. The number of fused-ring (bicyclic) bond motifs is 1. The summed E-state index contributed by atoms with van der Waals surface area (Å²) in [5.41, 5.74) is 2.12. The van der Waals surface area contributed by atoms with Crippen molar-refractivity contribution in [3.8, 4) is 11.8 Å². The molecular weight excluding hydrogens is 300 g/mol. The highest BCUT2D eigenvalue weighted by Crippen LogP contribution is 2.25. The first-order valence-corrected chi connectivity index (χ1v) is 6.78. The number of hydrogen-bond donors (Lipinski definition) is 1. The lowest BCUT2D eigenvalue weighted by atomic mass is 10.1. The summed E-state index contributed by atoms with van der Waals surface area (Å²) in [6, 6.07) is 15.7. The standard InChI is InChI=1S/C17H11F2N3O/c18-17(19)23-15-8-4-1-5-11(15)9-12(10-20)16-21-13-6-2-3-7-14(13)22-16/h1-9,17H,(H,21,22)/b12-9+. The lowest BCUT2D eigenvalue weighted by Crippen LogP contribution is -2.03. The van der Waals surface area contributed by atoms with Gasteiger partial charge in [0.15, 0.2) is 0 Å². The summed E-state index contributed by atoms with van der Waals surface area (Å²) in [6.07, 6.45) is 1.47. The van der Waals surface area contributed by atoms with E-state index in [4.69, 9.17) is 0 Å². The number of rotatable bonds is 4. The third kappa shape index (κ3) is 3.19. The van der Waals surface area contributed by atoms with E-state index in [1.807, 2.05) is 30.3 Å². The van der Waals surface area contributed by atoms with Crippen molar-refractivity contribution in [3.63, 3.8) is 0 Å². The van der Waals surface area contributed by atoms with Crippen molar-refractivity contribution in [2.24, 2.45) is 0 Å². The van der Waals surface area contributed by atoms with Crippen molar-refractivity contribution in [3.05, 3.63) is 59.9 Å². The third-order valence-electron chi connectivity index (χ3n) is 3.20. The molecule has 2 aromatic carbocycles. The number of ether oxygens (including phenoxy) is 1. The Morgan fingerprint density at radius 3 is 2.65 bits per heavy atom. The van der Waals surface area contributed by atoms with E-state index in [2.05, 4.69) is 14.7 Å². The smallest absolute Gasteiger partial charge is 0.387 e. The average molecular weight is 311 g/mol. The molecule has 0 radical (unpaired) electrons. The number of hydrogen-bond acceptors (Lipinski definition) is 3. The zero-order valence-electron chi connectivity index (χ0n) is 11.8. The van der Waals surface area contributed by atoms with Gasteiger partial charge in [-0.05, 0) is 24.3 Å². The molecule has 0 atom stereocenters. The first kappa shape index (κ1) is 14.7. The molecule has 6 heteroatoms. The van der Waals surface area contributed by atoms with Crippen LogP contribution in [0.4, 0.5) is 8.78 Å². The summed E-state index contributed by atoms with van der Waals surface area (Å²) in [5, 5.41) is 9.37. The molecule has 0 aliphatic heterocycles. The fourth-order valence-corrected chi connectivity index (χ4v) is 2.19. The Kier molecular flexibility index (Phi) is 4.02. The topological polar surface area (TPSA) is 61.7 Å². The minimum Gasteiger partial charge on any atom is -0.434 e. The highest BCUT2D eigenvalue weighted by molar-refractivity contribution is 5.91. The van der Waals surface area contributed by atoms with Crippen LogP contribution in [0.2, 0.25) is 0 Å².